The van der Waals surface area contributed by atoms with Crippen LogP contribution >= 0.6 is 0 Å². The molecule has 0 aromatic heterocycles. The molecule has 0 saturated heterocycles. The zero-order valence-corrected chi connectivity index (χ0v) is 16.6. The fourth-order valence-corrected chi connectivity index (χ4v) is 3.62. The van der Waals surface area contributed by atoms with Crippen LogP contribution < -0.4 is 5.32 Å². The van der Waals surface area contributed by atoms with Crippen LogP contribution in [0.1, 0.15) is 56.2 Å². The second-order valence-electron chi connectivity index (χ2n) is 7.35. The number of benzene rings is 3. The van der Waals surface area contributed by atoms with Crippen molar-refractivity contribution >= 4 is 16.5 Å². The number of hydrogen-bond acceptors (Lipinski definition) is 2. The number of rotatable bonds is 9. The van der Waals surface area contributed by atoms with Gasteiger partial charge in [-0.25, -0.2) is 0 Å². The van der Waals surface area contributed by atoms with Gasteiger partial charge in [0.15, 0.2) is 0 Å². The van der Waals surface area contributed by atoms with E-state index in [1.165, 1.54) is 29.2 Å². The number of hydrogen-bond donors (Lipinski definition) is 2. The fourth-order valence-electron chi connectivity index (χ4n) is 3.62. The molecule has 0 spiro atoms. The summed E-state index contributed by atoms with van der Waals surface area (Å²) in [5.41, 5.74) is 4.56. The maximum absolute atomic E-state index is 10.8. The van der Waals surface area contributed by atoms with Gasteiger partial charge in [0.2, 0.25) is 0 Å². The average Bonchev–Trinajstić information content (AvgIpc) is 2.71. The van der Waals surface area contributed by atoms with Crippen molar-refractivity contribution in [3.63, 3.8) is 0 Å². The van der Waals surface area contributed by atoms with E-state index in [1.807, 2.05) is 0 Å². The summed E-state index contributed by atoms with van der Waals surface area (Å²) < 4.78 is 0. The molecule has 0 fully saturated rings. The summed E-state index contributed by atoms with van der Waals surface area (Å²) in [6, 6.07) is 19.1. The molecule has 0 aliphatic heterocycles. The smallest absolute Gasteiger partial charge is 0.123 e. The molecule has 0 bridgehead atoms. The number of fused-ring (bicyclic) bond motifs is 1. The van der Waals surface area contributed by atoms with Gasteiger partial charge in [0.05, 0.1) is 0 Å². The van der Waals surface area contributed by atoms with Crippen LogP contribution in [0.15, 0.2) is 54.6 Å². The van der Waals surface area contributed by atoms with E-state index in [2.05, 4.69) is 73.8 Å². The Kier molecular flexibility index (Phi) is 6.75. The van der Waals surface area contributed by atoms with Gasteiger partial charge in [0, 0.05) is 23.2 Å². The highest BCUT2D eigenvalue weighted by Crippen LogP contribution is 2.29. The number of aromatic hydroxyl groups is 1. The van der Waals surface area contributed by atoms with Crippen molar-refractivity contribution in [3.8, 4) is 5.75 Å². The predicted octanol–water partition coefficient (Wildman–Crippen LogP) is 6.84. The Balaban J connectivity index is 1.85. The molecule has 27 heavy (non-hydrogen) atoms. The molecule has 2 heteroatoms. The Morgan fingerprint density at radius 1 is 0.815 bits per heavy atom. The van der Waals surface area contributed by atoms with Gasteiger partial charge in [-0.05, 0) is 48.3 Å². The molecule has 3 rings (SSSR count). The quantitative estimate of drug-likeness (QED) is 0.437. The monoisotopic (exact) mass is 361 g/mol. The van der Waals surface area contributed by atoms with Crippen molar-refractivity contribution < 1.29 is 5.11 Å². The van der Waals surface area contributed by atoms with Crippen molar-refractivity contribution in [1.29, 1.82) is 0 Å². The fraction of sp³-hybridized carbons (Fsp3) is 0.360. The minimum absolute atomic E-state index is 0.469. The minimum atomic E-state index is 0.469. The first-order chi connectivity index (χ1) is 13.2. The largest absolute Gasteiger partial charge is 0.507 e. The lowest BCUT2D eigenvalue weighted by Crippen LogP contribution is -2.03. The Bertz CT molecular complexity index is 879. The molecule has 0 aliphatic rings. The van der Waals surface area contributed by atoms with E-state index in [4.69, 9.17) is 0 Å². The van der Waals surface area contributed by atoms with Gasteiger partial charge in [-0.2, -0.15) is 0 Å². The van der Waals surface area contributed by atoms with Crippen LogP contribution in [-0.4, -0.2) is 5.11 Å². The summed E-state index contributed by atoms with van der Waals surface area (Å²) in [5.74, 6) is 0.469. The highest BCUT2D eigenvalue weighted by molar-refractivity contribution is 5.93. The minimum Gasteiger partial charge on any atom is -0.507 e. The number of unbranched alkanes of at least 4 members (excludes halogenated alkanes) is 2. The molecule has 142 valence electrons. The Morgan fingerprint density at radius 2 is 1.52 bits per heavy atom. The van der Waals surface area contributed by atoms with Gasteiger partial charge in [0.1, 0.15) is 5.75 Å². The molecule has 0 unspecified atom stereocenters. The third-order valence-corrected chi connectivity index (χ3v) is 5.21. The van der Waals surface area contributed by atoms with E-state index >= 15 is 0 Å². The number of aryl methyl sites for hydroxylation is 2. The van der Waals surface area contributed by atoms with E-state index < -0.39 is 0 Å². The highest BCUT2D eigenvalue weighted by atomic mass is 16.3. The van der Waals surface area contributed by atoms with Gasteiger partial charge in [-0.15, -0.1) is 0 Å². The number of phenols is 1. The van der Waals surface area contributed by atoms with Gasteiger partial charge < -0.3 is 10.4 Å². The highest BCUT2D eigenvalue weighted by Gasteiger charge is 2.11. The molecule has 0 heterocycles. The molecular weight excluding hydrogens is 330 g/mol. The van der Waals surface area contributed by atoms with E-state index in [0.29, 0.717) is 12.3 Å². The van der Waals surface area contributed by atoms with Crippen LogP contribution in [0.25, 0.3) is 10.8 Å². The molecule has 3 aromatic carbocycles. The van der Waals surface area contributed by atoms with Gasteiger partial charge in [0.25, 0.3) is 0 Å². The molecule has 0 aliphatic carbocycles. The molecule has 0 amide bonds. The second kappa shape index (κ2) is 9.45. The van der Waals surface area contributed by atoms with E-state index in [9.17, 15) is 5.11 Å². The van der Waals surface area contributed by atoms with E-state index in [0.717, 1.165) is 42.5 Å². The molecule has 2 N–H and O–H groups in total. The van der Waals surface area contributed by atoms with Crippen LogP contribution in [0.3, 0.4) is 0 Å². The maximum Gasteiger partial charge on any atom is 0.123 e. The molecule has 3 aromatic rings. The van der Waals surface area contributed by atoms with Crippen LogP contribution in [-0.2, 0) is 19.4 Å². The second-order valence-corrected chi connectivity index (χ2v) is 7.35. The van der Waals surface area contributed by atoms with Gasteiger partial charge in [-0.1, -0.05) is 75.2 Å². The first-order valence-corrected chi connectivity index (χ1v) is 10.3. The molecular formula is C25H31NO. The predicted molar refractivity (Wildman–Crippen MR) is 117 cm³/mol. The zero-order chi connectivity index (χ0) is 19.1. The number of phenolic OH excluding ortho intramolecular Hbond substituents is 1. The standard InChI is InChI=1S/C25H31NO/c1-3-5-10-19-16-21(11-6-4-2)25(27)22(17-19)18-26-24-15-9-13-20-12-7-8-14-23(20)24/h7-9,12-17,26-27H,3-6,10-11,18H2,1-2H3. The van der Waals surface area contributed by atoms with Crippen LogP contribution in [0.2, 0.25) is 0 Å². The summed E-state index contributed by atoms with van der Waals surface area (Å²) in [5, 5.41) is 16.8. The molecule has 0 radical (unpaired) electrons. The van der Waals surface area contributed by atoms with Gasteiger partial charge in [-0.3, -0.25) is 0 Å². The topological polar surface area (TPSA) is 32.3 Å². The lowest BCUT2D eigenvalue weighted by Gasteiger charge is -2.15. The molecule has 2 nitrogen and oxygen atoms in total. The van der Waals surface area contributed by atoms with E-state index in [-0.39, 0.29) is 0 Å². The third-order valence-electron chi connectivity index (χ3n) is 5.21. The summed E-state index contributed by atoms with van der Waals surface area (Å²) in [6.07, 6.45) is 6.66. The lowest BCUT2D eigenvalue weighted by molar-refractivity contribution is 0.460. The van der Waals surface area contributed by atoms with Crippen LogP contribution in [0.4, 0.5) is 5.69 Å². The van der Waals surface area contributed by atoms with Crippen molar-refractivity contribution in [2.45, 2.75) is 58.9 Å². The van der Waals surface area contributed by atoms with E-state index in [1.54, 1.807) is 0 Å². The first kappa shape index (κ1) is 19.3. The van der Waals surface area contributed by atoms with Crippen LogP contribution in [0.5, 0.6) is 5.75 Å². The summed E-state index contributed by atoms with van der Waals surface area (Å²) in [7, 11) is 0. The average molecular weight is 362 g/mol. The Morgan fingerprint density at radius 3 is 2.33 bits per heavy atom. The SMILES string of the molecule is CCCCc1cc(CCCC)c(O)c(CNc2cccc3ccccc23)c1. The Hall–Kier alpha value is -2.48. The van der Waals surface area contributed by atoms with Gasteiger partial charge >= 0.3 is 0 Å². The normalized spacial score (nSPS) is 11.0. The van der Waals surface area contributed by atoms with Crippen molar-refractivity contribution in [2.24, 2.45) is 0 Å². The Labute approximate surface area is 163 Å². The molecule has 0 saturated carbocycles. The summed E-state index contributed by atoms with van der Waals surface area (Å²) >= 11 is 0. The maximum atomic E-state index is 10.8. The number of anilines is 1. The van der Waals surface area contributed by atoms with Crippen LogP contribution in [0, 0.1) is 0 Å². The van der Waals surface area contributed by atoms with Crippen molar-refractivity contribution in [3.05, 3.63) is 71.3 Å². The third kappa shape index (κ3) is 4.82. The van der Waals surface area contributed by atoms with Crippen molar-refractivity contribution in [2.75, 3.05) is 5.32 Å². The lowest BCUT2D eigenvalue weighted by atomic mass is 9.97. The number of nitrogens with one attached hydrogen (secondary N) is 1. The first-order valence-electron chi connectivity index (χ1n) is 10.3. The van der Waals surface area contributed by atoms with Crippen molar-refractivity contribution in [1.82, 2.24) is 0 Å². The zero-order valence-electron chi connectivity index (χ0n) is 16.6. The summed E-state index contributed by atoms with van der Waals surface area (Å²) in [4.78, 5) is 0. The summed E-state index contributed by atoms with van der Waals surface area (Å²) in [6.45, 7) is 5.06. The molecule has 0 atom stereocenters.